The van der Waals surface area contributed by atoms with Gasteiger partial charge in [0.15, 0.2) is 5.78 Å². The highest BCUT2D eigenvalue weighted by Crippen LogP contribution is 2.50. The van der Waals surface area contributed by atoms with E-state index in [9.17, 15) is 4.79 Å². The molecule has 0 bridgehead atoms. The average molecular weight is 265 g/mol. The third-order valence-electron chi connectivity index (χ3n) is 4.26. The smallest absolute Gasteiger partial charge is 0.150 e. The van der Waals surface area contributed by atoms with Gasteiger partial charge in [0.05, 0.1) is 5.88 Å². The van der Waals surface area contributed by atoms with Crippen LogP contribution < -0.4 is 0 Å². The second kappa shape index (κ2) is 4.70. The SMILES string of the molecule is Cc1cc(C)c(C2(C)CC(C(=O)CCl)C2)c(C)c1. The first-order valence-corrected chi connectivity index (χ1v) is 7.08. The summed E-state index contributed by atoms with van der Waals surface area (Å²) in [6.07, 6.45) is 1.90. The summed E-state index contributed by atoms with van der Waals surface area (Å²) in [5, 5.41) is 0. The van der Waals surface area contributed by atoms with E-state index in [1.54, 1.807) is 0 Å². The normalized spacial score (nSPS) is 26.8. The summed E-state index contributed by atoms with van der Waals surface area (Å²) in [6.45, 7) is 8.76. The quantitative estimate of drug-likeness (QED) is 0.752. The van der Waals surface area contributed by atoms with Gasteiger partial charge in [0.2, 0.25) is 0 Å². The summed E-state index contributed by atoms with van der Waals surface area (Å²) in [4.78, 5) is 11.6. The Morgan fingerprint density at radius 3 is 2.22 bits per heavy atom. The van der Waals surface area contributed by atoms with Gasteiger partial charge in [-0.15, -0.1) is 11.6 Å². The molecular weight excluding hydrogens is 244 g/mol. The lowest BCUT2D eigenvalue weighted by Crippen LogP contribution is -2.43. The van der Waals surface area contributed by atoms with E-state index >= 15 is 0 Å². The van der Waals surface area contributed by atoms with Crippen molar-refractivity contribution in [1.29, 1.82) is 0 Å². The van der Waals surface area contributed by atoms with E-state index < -0.39 is 0 Å². The molecule has 0 heterocycles. The number of hydrogen-bond donors (Lipinski definition) is 0. The third kappa shape index (κ3) is 2.21. The van der Waals surface area contributed by atoms with Crippen molar-refractivity contribution in [2.75, 3.05) is 5.88 Å². The van der Waals surface area contributed by atoms with Crippen LogP contribution in [0.25, 0.3) is 0 Å². The number of Topliss-reactive ketones (excluding diaryl/α,β-unsaturated/α-hetero) is 1. The summed E-state index contributed by atoms with van der Waals surface area (Å²) in [5.74, 6) is 0.538. The monoisotopic (exact) mass is 264 g/mol. The van der Waals surface area contributed by atoms with Gasteiger partial charge in [-0.25, -0.2) is 0 Å². The number of alkyl halides is 1. The Kier molecular flexibility index (Phi) is 3.55. The van der Waals surface area contributed by atoms with Crippen molar-refractivity contribution in [3.63, 3.8) is 0 Å². The topological polar surface area (TPSA) is 17.1 Å². The Labute approximate surface area is 115 Å². The predicted octanol–water partition coefficient (Wildman–Crippen LogP) is 4.09. The summed E-state index contributed by atoms with van der Waals surface area (Å²) in [6, 6.07) is 4.48. The van der Waals surface area contributed by atoms with Gasteiger partial charge in [-0.2, -0.15) is 0 Å². The summed E-state index contributed by atoms with van der Waals surface area (Å²) in [7, 11) is 0. The summed E-state index contributed by atoms with van der Waals surface area (Å²) < 4.78 is 0. The van der Waals surface area contributed by atoms with E-state index in [4.69, 9.17) is 11.6 Å². The van der Waals surface area contributed by atoms with Crippen molar-refractivity contribution in [1.82, 2.24) is 0 Å². The number of rotatable bonds is 3. The van der Waals surface area contributed by atoms with Crippen LogP contribution in [0.4, 0.5) is 0 Å². The molecule has 1 aromatic carbocycles. The molecule has 0 radical (unpaired) electrons. The van der Waals surface area contributed by atoms with Gasteiger partial charge in [-0.1, -0.05) is 24.6 Å². The van der Waals surface area contributed by atoms with Crippen LogP contribution in [0, 0.1) is 26.7 Å². The minimum atomic E-state index is 0.159. The maximum Gasteiger partial charge on any atom is 0.150 e. The Morgan fingerprint density at radius 1 is 1.28 bits per heavy atom. The van der Waals surface area contributed by atoms with Crippen LogP contribution in [-0.2, 0) is 10.2 Å². The Bertz CT molecular complexity index is 461. The Morgan fingerprint density at radius 2 is 1.78 bits per heavy atom. The van der Waals surface area contributed by atoms with E-state index in [0.717, 1.165) is 12.8 Å². The fraction of sp³-hybridized carbons (Fsp3) is 0.562. The molecule has 2 heteroatoms. The molecule has 18 heavy (non-hydrogen) atoms. The zero-order valence-corrected chi connectivity index (χ0v) is 12.4. The van der Waals surface area contributed by atoms with E-state index in [1.165, 1.54) is 22.3 Å². The van der Waals surface area contributed by atoms with E-state index in [0.29, 0.717) is 0 Å². The van der Waals surface area contributed by atoms with Gasteiger partial charge >= 0.3 is 0 Å². The number of aryl methyl sites for hydroxylation is 3. The molecule has 1 saturated carbocycles. The second-order valence-electron chi connectivity index (χ2n) is 6.04. The number of benzene rings is 1. The number of carbonyl (C=O) groups is 1. The van der Waals surface area contributed by atoms with Crippen LogP contribution in [0.15, 0.2) is 12.1 Å². The molecule has 1 aliphatic carbocycles. The summed E-state index contributed by atoms with van der Waals surface area (Å²) >= 11 is 5.63. The Hall–Kier alpha value is -0.820. The van der Waals surface area contributed by atoms with Gasteiger partial charge < -0.3 is 0 Å². The molecule has 0 aromatic heterocycles. The van der Waals surface area contributed by atoms with Gasteiger partial charge in [0, 0.05) is 5.92 Å². The standard InChI is InChI=1S/C16H21ClO/c1-10-5-11(2)15(12(3)6-10)16(4)7-13(8-16)14(18)9-17/h5-6,13H,7-9H2,1-4H3. The van der Waals surface area contributed by atoms with Crippen molar-refractivity contribution >= 4 is 17.4 Å². The molecule has 2 rings (SSSR count). The van der Waals surface area contributed by atoms with E-state index in [-0.39, 0.29) is 23.0 Å². The molecule has 0 aliphatic heterocycles. The van der Waals surface area contributed by atoms with E-state index in [2.05, 4.69) is 39.8 Å². The lowest BCUT2D eigenvalue weighted by Gasteiger charge is -2.46. The number of carbonyl (C=O) groups excluding carboxylic acids is 1. The third-order valence-corrected chi connectivity index (χ3v) is 4.52. The van der Waals surface area contributed by atoms with Crippen molar-refractivity contribution in [2.24, 2.45) is 5.92 Å². The van der Waals surface area contributed by atoms with Crippen molar-refractivity contribution < 1.29 is 4.79 Å². The van der Waals surface area contributed by atoms with Gasteiger partial charge in [0.1, 0.15) is 0 Å². The molecule has 1 nitrogen and oxygen atoms in total. The van der Waals surface area contributed by atoms with Crippen LogP contribution in [0.5, 0.6) is 0 Å². The lowest BCUT2D eigenvalue weighted by molar-refractivity contribution is -0.124. The molecule has 0 saturated heterocycles. The zero-order valence-electron chi connectivity index (χ0n) is 11.6. The maximum absolute atomic E-state index is 11.6. The first-order valence-electron chi connectivity index (χ1n) is 6.54. The Balaban J connectivity index is 2.27. The first-order chi connectivity index (χ1) is 8.37. The van der Waals surface area contributed by atoms with Gasteiger partial charge in [0.25, 0.3) is 0 Å². The van der Waals surface area contributed by atoms with Crippen LogP contribution in [0.2, 0.25) is 0 Å². The van der Waals surface area contributed by atoms with Crippen molar-refractivity contribution in [3.8, 4) is 0 Å². The van der Waals surface area contributed by atoms with Crippen molar-refractivity contribution in [2.45, 2.75) is 46.0 Å². The lowest BCUT2D eigenvalue weighted by atomic mass is 9.57. The average Bonchev–Trinajstić information content (AvgIpc) is 2.22. The highest BCUT2D eigenvalue weighted by molar-refractivity contribution is 6.28. The number of halogens is 1. The minimum Gasteiger partial charge on any atom is -0.298 e. The number of hydrogen-bond acceptors (Lipinski definition) is 1. The molecule has 1 aliphatic rings. The summed E-state index contributed by atoms with van der Waals surface area (Å²) in [5.41, 5.74) is 5.61. The number of ketones is 1. The fourth-order valence-electron chi connectivity index (χ4n) is 3.70. The van der Waals surface area contributed by atoms with Gasteiger partial charge in [-0.3, -0.25) is 4.79 Å². The molecular formula is C16H21ClO. The molecule has 0 atom stereocenters. The molecule has 98 valence electrons. The van der Waals surface area contributed by atoms with E-state index in [1.807, 2.05) is 0 Å². The molecule has 0 unspecified atom stereocenters. The largest absolute Gasteiger partial charge is 0.298 e. The highest BCUT2D eigenvalue weighted by Gasteiger charge is 2.45. The van der Waals surface area contributed by atoms with Crippen LogP contribution in [0.3, 0.4) is 0 Å². The maximum atomic E-state index is 11.6. The second-order valence-corrected chi connectivity index (χ2v) is 6.31. The molecule has 0 amide bonds. The zero-order chi connectivity index (χ0) is 13.5. The molecule has 1 aromatic rings. The molecule has 0 spiro atoms. The molecule has 1 fully saturated rings. The predicted molar refractivity (Wildman–Crippen MR) is 76.5 cm³/mol. The van der Waals surface area contributed by atoms with Crippen LogP contribution >= 0.6 is 11.6 Å². The molecule has 0 N–H and O–H groups in total. The minimum absolute atomic E-state index is 0.159. The van der Waals surface area contributed by atoms with Crippen LogP contribution in [0.1, 0.15) is 42.0 Å². The van der Waals surface area contributed by atoms with Gasteiger partial charge in [-0.05, 0) is 55.7 Å². The fourth-order valence-corrected chi connectivity index (χ4v) is 3.92. The first kappa shape index (κ1) is 13.6. The van der Waals surface area contributed by atoms with Crippen molar-refractivity contribution in [3.05, 3.63) is 34.4 Å². The highest BCUT2D eigenvalue weighted by atomic mass is 35.5. The van der Waals surface area contributed by atoms with Crippen LogP contribution in [-0.4, -0.2) is 11.7 Å².